The minimum absolute atomic E-state index is 0.0702. The minimum Gasteiger partial charge on any atom is -0.491 e. The Morgan fingerprint density at radius 2 is 2.04 bits per heavy atom. The topological polar surface area (TPSA) is 32.7 Å². The lowest BCUT2D eigenvalue weighted by molar-refractivity contribution is -0.137. The van der Waals surface area contributed by atoms with Crippen molar-refractivity contribution in [1.29, 1.82) is 0 Å². The van der Waals surface area contributed by atoms with Crippen LogP contribution in [0.2, 0.25) is 0 Å². The lowest BCUT2D eigenvalue weighted by Crippen LogP contribution is -2.39. The van der Waals surface area contributed by atoms with Crippen molar-refractivity contribution in [1.82, 2.24) is 4.90 Å². The zero-order valence-electron chi connectivity index (χ0n) is 12.9. The van der Waals surface area contributed by atoms with Crippen LogP contribution in [0.5, 0.6) is 5.75 Å². The quantitative estimate of drug-likeness (QED) is 0.777. The van der Waals surface area contributed by atoms with Gasteiger partial charge in [0.2, 0.25) is 0 Å². The van der Waals surface area contributed by atoms with E-state index in [-0.39, 0.29) is 12.4 Å². The Morgan fingerprint density at radius 3 is 2.65 bits per heavy atom. The Labute approximate surface area is 132 Å². The van der Waals surface area contributed by atoms with E-state index in [2.05, 4.69) is 0 Å². The van der Waals surface area contributed by atoms with Crippen LogP contribution in [0.4, 0.5) is 17.6 Å². The molecule has 1 fully saturated rings. The molecule has 23 heavy (non-hydrogen) atoms. The van der Waals surface area contributed by atoms with E-state index >= 15 is 0 Å². The van der Waals surface area contributed by atoms with Crippen LogP contribution < -0.4 is 4.74 Å². The molecule has 7 heteroatoms. The molecule has 0 spiro atoms. The van der Waals surface area contributed by atoms with Crippen molar-refractivity contribution in [3.8, 4) is 5.75 Å². The molecule has 0 saturated heterocycles. The van der Waals surface area contributed by atoms with E-state index in [4.69, 9.17) is 4.74 Å². The molecule has 0 aliphatic heterocycles. The Balaban J connectivity index is 1.74. The van der Waals surface area contributed by atoms with E-state index < -0.39 is 24.0 Å². The van der Waals surface area contributed by atoms with Crippen molar-refractivity contribution >= 4 is 0 Å². The first kappa shape index (κ1) is 18.0. The lowest BCUT2D eigenvalue weighted by Gasteiger charge is -2.33. The second-order valence-corrected chi connectivity index (χ2v) is 6.15. The van der Waals surface area contributed by atoms with E-state index in [1.165, 1.54) is 12.1 Å². The molecule has 3 nitrogen and oxygen atoms in total. The van der Waals surface area contributed by atoms with Gasteiger partial charge in [-0.3, -0.25) is 0 Å². The maximum atomic E-state index is 12.7. The third-order valence-corrected chi connectivity index (χ3v) is 3.87. The molecule has 1 saturated carbocycles. The third-order valence-electron chi connectivity index (χ3n) is 3.87. The summed E-state index contributed by atoms with van der Waals surface area (Å²) in [5.74, 6) is 0.382. The summed E-state index contributed by atoms with van der Waals surface area (Å²) < 4.78 is 55.7. The van der Waals surface area contributed by atoms with E-state index in [9.17, 15) is 22.7 Å². The van der Waals surface area contributed by atoms with Gasteiger partial charge in [0.1, 0.15) is 24.6 Å². The van der Waals surface area contributed by atoms with Crippen molar-refractivity contribution in [2.75, 3.05) is 26.7 Å². The molecule has 1 aromatic carbocycles. The fourth-order valence-corrected chi connectivity index (χ4v) is 2.69. The van der Waals surface area contributed by atoms with Crippen molar-refractivity contribution in [2.45, 2.75) is 31.3 Å². The smallest absolute Gasteiger partial charge is 0.416 e. The highest BCUT2D eigenvalue weighted by molar-refractivity contribution is 5.30. The largest absolute Gasteiger partial charge is 0.491 e. The fourth-order valence-electron chi connectivity index (χ4n) is 2.69. The van der Waals surface area contributed by atoms with Gasteiger partial charge in [0.05, 0.1) is 5.56 Å². The number of nitrogens with zero attached hydrogens (tertiary/aromatic N) is 1. The predicted molar refractivity (Wildman–Crippen MR) is 78.1 cm³/mol. The molecule has 0 heterocycles. The zero-order valence-corrected chi connectivity index (χ0v) is 12.9. The van der Waals surface area contributed by atoms with Gasteiger partial charge >= 0.3 is 6.18 Å². The van der Waals surface area contributed by atoms with E-state index in [0.29, 0.717) is 31.8 Å². The monoisotopic (exact) mass is 335 g/mol. The van der Waals surface area contributed by atoms with Crippen LogP contribution in [0, 0.1) is 5.92 Å². The predicted octanol–water partition coefficient (Wildman–Crippen LogP) is 3.13. The number of aliphatic hydroxyl groups is 1. The van der Waals surface area contributed by atoms with Crippen LogP contribution in [0.1, 0.15) is 18.4 Å². The van der Waals surface area contributed by atoms with Gasteiger partial charge in [0.15, 0.2) is 0 Å². The van der Waals surface area contributed by atoms with Gasteiger partial charge in [-0.2, -0.15) is 13.2 Å². The summed E-state index contributed by atoms with van der Waals surface area (Å²) in [7, 11) is 1.82. The molecule has 0 amide bonds. The summed E-state index contributed by atoms with van der Waals surface area (Å²) in [6.45, 7) is 0.926. The number of hydrogen-bond donors (Lipinski definition) is 1. The van der Waals surface area contributed by atoms with Gasteiger partial charge in [-0.1, -0.05) is 6.07 Å². The highest BCUT2D eigenvalue weighted by Gasteiger charge is 2.31. The van der Waals surface area contributed by atoms with Crippen LogP contribution in [0.25, 0.3) is 0 Å². The first-order valence-corrected chi connectivity index (χ1v) is 7.54. The van der Waals surface area contributed by atoms with E-state index in [0.717, 1.165) is 12.1 Å². The SMILES string of the molecule is CN(CC(O)COc1cccc(C(F)(F)F)c1)CC1CC(F)C1. The molecule has 130 valence electrons. The summed E-state index contributed by atoms with van der Waals surface area (Å²) in [5.41, 5.74) is -0.785. The number of aliphatic hydroxyl groups excluding tert-OH is 1. The average Bonchev–Trinajstić information content (AvgIpc) is 2.43. The van der Waals surface area contributed by atoms with Crippen molar-refractivity contribution < 1.29 is 27.4 Å². The first-order chi connectivity index (χ1) is 10.7. The molecule has 1 aliphatic carbocycles. The standard InChI is InChI=1S/C16H21F4NO2/c1-21(8-11-5-13(17)6-11)9-14(22)10-23-15-4-2-3-12(7-15)16(18,19)20/h2-4,7,11,13-14,22H,5-6,8-10H2,1H3. The molecule has 1 N–H and O–H groups in total. The summed E-state index contributed by atoms with van der Waals surface area (Å²) in [4.78, 5) is 1.89. The molecule has 1 atom stereocenters. The van der Waals surface area contributed by atoms with Crippen LogP contribution in [-0.2, 0) is 6.18 Å². The number of alkyl halides is 4. The number of halogens is 4. The Hall–Kier alpha value is -1.34. The lowest BCUT2D eigenvalue weighted by atomic mass is 9.83. The summed E-state index contributed by atoms with van der Waals surface area (Å²) in [6.07, 6.45) is -4.84. The summed E-state index contributed by atoms with van der Waals surface area (Å²) in [6, 6.07) is 4.56. The maximum absolute atomic E-state index is 12.7. The molecule has 0 radical (unpaired) electrons. The number of hydrogen-bond acceptors (Lipinski definition) is 3. The highest BCUT2D eigenvalue weighted by atomic mass is 19.4. The van der Waals surface area contributed by atoms with Crippen molar-refractivity contribution in [3.63, 3.8) is 0 Å². The highest BCUT2D eigenvalue weighted by Crippen LogP contribution is 2.31. The van der Waals surface area contributed by atoms with Crippen LogP contribution >= 0.6 is 0 Å². The number of likely N-dealkylation sites (N-methyl/N-ethyl adjacent to an activating group) is 1. The van der Waals surface area contributed by atoms with Crippen molar-refractivity contribution in [3.05, 3.63) is 29.8 Å². The minimum atomic E-state index is -4.42. The van der Waals surface area contributed by atoms with Crippen LogP contribution in [-0.4, -0.2) is 49.0 Å². The summed E-state index contributed by atoms with van der Waals surface area (Å²) >= 11 is 0. The van der Waals surface area contributed by atoms with Gasteiger partial charge in [0.25, 0.3) is 0 Å². The summed E-state index contributed by atoms with van der Waals surface area (Å²) in [5, 5.41) is 9.90. The van der Waals surface area contributed by atoms with Gasteiger partial charge in [0, 0.05) is 13.1 Å². The van der Waals surface area contributed by atoms with E-state index in [1.807, 2.05) is 11.9 Å². The van der Waals surface area contributed by atoms with Gasteiger partial charge in [-0.25, -0.2) is 4.39 Å². The molecular formula is C16H21F4NO2. The van der Waals surface area contributed by atoms with Gasteiger partial charge in [-0.05, 0) is 44.0 Å². The zero-order chi connectivity index (χ0) is 17.0. The van der Waals surface area contributed by atoms with Crippen molar-refractivity contribution in [2.24, 2.45) is 5.92 Å². The Bertz CT molecular complexity index is 503. The molecule has 1 aromatic rings. The van der Waals surface area contributed by atoms with E-state index in [1.54, 1.807) is 0 Å². The molecule has 0 bridgehead atoms. The normalized spacial score (nSPS) is 22.7. The maximum Gasteiger partial charge on any atom is 0.416 e. The average molecular weight is 335 g/mol. The molecule has 2 rings (SSSR count). The number of benzene rings is 1. The second-order valence-electron chi connectivity index (χ2n) is 6.15. The third kappa shape index (κ3) is 5.66. The van der Waals surface area contributed by atoms with Crippen LogP contribution in [0.15, 0.2) is 24.3 Å². The number of ether oxygens (including phenoxy) is 1. The first-order valence-electron chi connectivity index (χ1n) is 7.54. The second kappa shape index (κ2) is 7.49. The molecular weight excluding hydrogens is 314 g/mol. The van der Waals surface area contributed by atoms with Gasteiger partial charge in [-0.15, -0.1) is 0 Å². The van der Waals surface area contributed by atoms with Gasteiger partial charge < -0.3 is 14.7 Å². The Morgan fingerprint density at radius 1 is 1.35 bits per heavy atom. The van der Waals surface area contributed by atoms with Crippen LogP contribution in [0.3, 0.4) is 0 Å². The Kier molecular flexibility index (Phi) is 5.86. The molecule has 0 aromatic heterocycles. The number of rotatable bonds is 7. The molecule has 1 aliphatic rings. The molecule has 1 unspecified atom stereocenters. The fraction of sp³-hybridized carbons (Fsp3) is 0.625.